The number of nitrogens with zero attached hydrogens (tertiary/aromatic N) is 1. The van der Waals surface area contributed by atoms with Gasteiger partial charge in [-0.1, -0.05) is 13.8 Å². The first-order chi connectivity index (χ1) is 12.8. The van der Waals surface area contributed by atoms with Gasteiger partial charge in [-0.3, -0.25) is 4.79 Å². The maximum atomic E-state index is 14.0. The molecule has 1 aromatic heterocycles. The number of carbonyl (C=O) groups is 1. The number of aromatic nitrogens is 1. The molecule has 1 aliphatic carbocycles. The van der Waals surface area contributed by atoms with Crippen LogP contribution in [0.3, 0.4) is 0 Å². The summed E-state index contributed by atoms with van der Waals surface area (Å²) in [5, 5.41) is 10.2. The third-order valence-corrected chi connectivity index (χ3v) is 5.43. The van der Waals surface area contributed by atoms with Crippen molar-refractivity contribution in [1.29, 1.82) is 0 Å². The molecule has 2 aromatic carbocycles. The maximum Gasteiger partial charge on any atom is 0.307 e. The minimum Gasteiger partial charge on any atom is -0.481 e. The second kappa shape index (κ2) is 6.19. The molecule has 27 heavy (non-hydrogen) atoms. The quantitative estimate of drug-likeness (QED) is 0.657. The zero-order valence-corrected chi connectivity index (χ0v) is 15.5. The van der Waals surface area contributed by atoms with Crippen LogP contribution in [0.2, 0.25) is 0 Å². The average molecular weight is 369 g/mol. The van der Waals surface area contributed by atoms with Crippen molar-refractivity contribution in [2.24, 2.45) is 5.92 Å². The van der Waals surface area contributed by atoms with Gasteiger partial charge in [0.15, 0.2) is 0 Å². The van der Waals surface area contributed by atoms with Crippen molar-refractivity contribution >= 4 is 16.9 Å². The third kappa shape index (κ3) is 2.82. The lowest BCUT2D eigenvalue weighted by atomic mass is 9.98. The summed E-state index contributed by atoms with van der Waals surface area (Å²) in [5.74, 6) is -1.90. The van der Waals surface area contributed by atoms with E-state index in [0.717, 1.165) is 27.8 Å². The van der Waals surface area contributed by atoms with E-state index in [1.807, 2.05) is 18.4 Å². The molecule has 140 valence electrons. The van der Waals surface area contributed by atoms with Gasteiger partial charge < -0.3 is 9.67 Å². The van der Waals surface area contributed by atoms with Gasteiger partial charge in [0.25, 0.3) is 0 Å². The largest absolute Gasteiger partial charge is 0.481 e. The number of benzene rings is 2. The predicted molar refractivity (Wildman–Crippen MR) is 101 cm³/mol. The first-order valence-electron chi connectivity index (χ1n) is 9.12. The van der Waals surface area contributed by atoms with Crippen LogP contribution in [-0.2, 0) is 4.79 Å². The van der Waals surface area contributed by atoms with Gasteiger partial charge in [0.1, 0.15) is 11.6 Å². The Morgan fingerprint density at radius 1 is 1.19 bits per heavy atom. The highest BCUT2D eigenvalue weighted by Gasteiger charge is 2.47. The molecule has 0 bridgehead atoms. The number of halogens is 2. The molecule has 0 unspecified atom stereocenters. The van der Waals surface area contributed by atoms with Crippen molar-refractivity contribution < 1.29 is 18.7 Å². The van der Waals surface area contributed by atoms with E-state index in [4.69, 9.17) is 0 Å². The molecule has 0 radical (unpaired) electrons. The summed E-state index contributed by atoms with van der Waals surface area (Å²) in [6.45, 7) is 5.79. The number of aryl methyl sites for hydroxylation is 1. The van der Waals surface area contributed by atoms with E-state index >= 15 is 0 Å². The number of hydrogen-bond acceptors (Lipinski definition) is 1. The Hall–Kier alpha value is -2.69. The molecular weight excluding hydrogens is 348 g/mol. The van der Waals surface area contributed by atoms with E-state index in [2.05, 4.69) is 0 Å². The molecular formula is C22H21F2NO2. The summed E-state index contributed by atoms with van der Waals surface area (Å²) in [6, 6.07) is 9.53. The Morgan fingerprint density at radius 2 is 1.93 bits per heavy atom. The molecule has 3 aromatic rings. The summed E-state index contributed by atoms with van der Waals surface area (Å²) >= 11 is 0. The van der Waals surface area contributed by atoms with Gasteiger partial charge in [-0.05, 0) is 66.8 Å². The fraction of sp³-hybridized carbons (Fsp3) is 0.318. The second-order valence-electron chi connectivity index (χ2n) is 7.67. The molecule has 5 heteroatoms. The lowest BCUT2D eigenvalue weighted by molar-refractivity contribution is -0.138. The highest BCUT2D eigenvalue weighted by atomic mass is 19.1. The zero-order chi connectivity index (χ0) is 19.5. The minimum absolute atomic E-state index is 0.0934. The number of rotatable bonds is 4. The standard InChI is InChI=1S/C22H21F2NO2/c1-11(2)21-20(15-10-16(15)22(26)27)17-9-13(23)4-7-19(17)25(21)14-5-6-18(24)12(3)8-14/h4-9,11,15-16H,10H2,1-3H3,(H,26,27)/t15-,16-/m1/s1. The molecule has 3 nitrogen and oxygen atoms in total. The molecule has 1 aliphatic rings. The smallest absolute Gasteiger partial charge is 0.307 e. The van der Waals surface area contributed by atoms with Crippen LogP contribution in [0.25, 0.3) is 16.6 Å². The molecule has 0 aliphatic heterocycles. The van der Waals surface area contributed by atoms with Crippen molar-refractivity contribution in [3.63, 3.8) is 0 Å². The number of carboxylic acid groups (broad SMARTS) is 1. The fourth-order valence-electron chi connectivity index (χ4n) is 4.10. The molecule has 1 heterocycles. The van der Waals surface area contributed by atoms with E-state index < -0.39 is 11.9 Å². The predicted octanol–water partition coefficient (Wildman–Crippen LogP) is 5.53. The molecule has 1 N–H and O–H groups in total. The Morgan fingerprint density at radius 3 is 2.52 bits per heavy atom. The average Bonchev–Trinajstić information content (AvgIpc) is 3.32. The van der Waals surface area contributed by atoms with Crippen molar-refractivity contribution in [2.75, 3.05) is 0 Å². The number of fused-ring (bicyclic) bond motifs is 1. The number of carboxylic acids is 1. The van der Waals surface area contributed by atoms with Gasteiger partial charge in [-0.25, -0.2) is 8.78 Å². The molecule has 1 fully saturated rings. The first-order valence-corrected chi connectivity index (χ1v) is 9.12. The lowest BCUT2D eigenvalue weighted by Gasteiger charge is -2.16. The second-order valence-corrected chi connectivity index (χ2v) is 7.67. The molecule has 0 amide bonds. The Kier molecular flexibility index (Phi) is 4.06. The topological polar surface area (TPSA) is 42.2 Å². The molecule has 2 atom stereocenters. The van der Waals surface area contributed by atoms with Gasteiger partial charge in [0, 0.05) is 22.7 Å². The highest BCUT2D eigenvalue weighted by molar-refractivity contribution is 5.90. The summed E-state index contributed by atoms with van der Waals surface area (Å²) in [5.41, 5.74) is 4.02. The molecule has 1 saturated carbocycles. The summed E-state index contributed by atoms with van der Waals surface area (Å²) in [6.07, 6.45) is 0.563. The van der Waals surface area contributed by atoms with Gasteiger partial charge in [-0.15, -0.1) is 0 Å². The Labute approximate surface area is 156 Å². The van der Waals surface area contributed by atoms with E-state index in [0.29, 0.717) is 12.0 Å². The molecule has 0 spiro atoms. The number of hydrogen-bond donors (Lipinski definition) is 1. The third-order valence-electron chi connectivity index (χ3n) is 5.43. The van der Waals surface area contributed by atoms with Crippen molar-refractivity contribution in [2.45, 2.75) is 39.0 Å². The summed E-state index contributed by atoms with van der Waals surface area (Å²) < 4.78 is 29.9. The summed E-state index contributed by atoms with van der Waals surface area (Å²) in [7, 11) is 0. The fourth-order valence-corrected chi connectivity index (χ4v) is 4.10. The van der Waals surface area contributed by atoms with Crippen LogP contribution in [-0.4, -0.2) is 15.6 Å². The Balaban J connectivity index is 2.05. The van der Waals surface area contributed by atoms with Gasteiger partial charge in [0.2, 0.25) is 0 Å². The highest BCUT2D eigenvalue weighted by Crippen LogP contribution is 2.53. The van der Waals surface area contributed by atoms with Crippen molar-refractivity contribution in [3.05, 3.63) is 64.9 Å². The van der Waals surface area contributed by atoms with Gasteiger partial charge >= 0.3 is 5.97 Å². The van der Waals surface area contributed by atoms with E-state index in [1.54, 1.807) is 25.1 Å². The van der Waals surface area contributed by atoms with Crippen LogP contribution < -0.4 is 0 Å². The first kappa shape index (κ1) is 17.7. The molecule has 4 rings (SSSR count). The van der Waals surface area contributed by atoms with Crippen molar-refractivity contribution in [3.8, 4) is 5.69 Å². The van der Waals surface area contributed by atoms with Crippen molar-refractivity contribution in [1.82, 2.24) is 4.57 Å². The van der Waals surface area contributed by atoms with Crippen LogP contribution in [0.15, 0.2) is 36.4 Å². The number of aliphatic carboxylic acids is 1. The van der Waals surface area contributed by atoms with E-state index in [1.165, 1.54) is 18.2 Å². The van der Waals surface area contributed by atoms with Crippen LogP contribution in [0.5, 0.6) is 0 Å². The van der Waals surface area contributed by atoms with E-state index in [-0.39, 0.29) is 23.5 Å². The van der Waals surface area contributed by atoms with Gasteiger partial charge in [-0.2, -0.15) is 0 Å². The normalized spacial score (nSPS) is 19.0. The van der Waals surface area contributed by atoms with Crippen LogP contribution in [0.1, 0.15) is 48.9 Å². The minimum atomic E-state index is -0.815. The van der Waals surface area contributed by atoms with Crippen LogP contribution in [0, 0.1) is 24.5 Å². The van der Waals surface area contributed by atoms with E-state index in [9.17, 15) is 18.7 Å². The molecule has 0 saturated heterocycles. The van der Waals surface area contributed by atoms with Gasteiger partial charge in [0.05, 0.1) is 11.4 Å². The monoisotopic (exact) mass is 369 g/mol. The Bertz CT molecular complexity index is 1070. The maximum absolute atomic E-state index is 14.0. The lowest BCUT2D eigenvalue weighted by Crippen LogP contribution is -2.06. The van der Waals surface area contributed by atoms with Crippen LogP contribution >= 0.6 is 0 Å². The summed E-state index contributed by atoms with van der Waals surface area (Å²) in [4.78, 5) is 11.5. The van der Waals surface area contributed by atoms with Crippen LogP contribution in [0.4, 0.5) is 8.78 Å². The SMILES string of the molecule is Cc1cc(-n2c(C(C)C)c([C@@H]3C[C@H]3C(=O)O)c3cc(F)ccc32)ccc1F. The zero-order valence-electron chi connectivity index (χ0n) is 15.5.